The van der Waals surface area contributed by atoms with Gasteiger partial charge in [0.25, 0.3) is 0 Å². The van der Waals surface area contributed by atoms with Crippen LogP contribution in [0.25, 0.3) is 0 Å². The summed E-state index contributed by atoms with van der Waals surface area (Å²) in [4.78, 5) is 21.3. The number of carbonyl (C=O) groups is 1. The summed E-state index contributed by atoms with van der Waals surface area (Å²) in [6, 6.07) is 16.2. The van der Waals surface area contributed by atoms with E-state index >= 15 is 0 Å². The van der Waals surface area contributed by atoms with Gasteiger partial charge >= 0.3 is 12.2 Å². The minimum atomic E-state index is -4.63. The van der Waals surface area contributed by atoms with E-state index in [9.17, 15) is 26.4 Å². The number of aliphatic imine (C=N–C) groups is 1. The van der Waals surface area contributed by atoms with Crippen LogP contribution in [0.1, 0.15) is 55.9 Å². The molecule has 2 aliphatic heterocycles. The largest absolute Gasteiger partial charge is 0.493 e. The van der Waals surface area contributed by atoms with Gasteiger partial charge in [-0.1, -0.05) is 47.5 Å². The average Bonchev–Trinajstić information content (AvgIpc) is 3.25. The maximum atomic E-state index is 14.6. The van der Waals surface area contributed by atoms with Crippen molar-refractivity contribution in [2.24, 2.45) is 4.99 Å². The first kappa shape index (κ1) is 35.0. The number of amidine groups is 1. The van der Waals surface area contributed by atoms with Crippen LogP contribution in [-0.2, 0) is 27.3 Å². The van der Waals surface area contributed by atoms with E-state index in [2.05, 4.69) is 5.32 Å². The Bertz CT molecular complexity index is 1780. The van der Waals surface area contributed by atoms with Crippen LogP contribution < -0.4 is 10.1 Å². The smallest absolute Gasteiger partial charge is 0.416 e. The number of rotatable bonds is 7. The molecule has 14 heteroatoms. The number of alkyl halides is 3. The molecule has 2 amide bonds. The molecule has 2 heterocycles. The number of hydrogen-bond donors (Lipinski definition) is 1. The van der Waals surface area contributed by atoms with E-state index in [1.165, 1.54) is 15.3 Å². The molecule has 1 saturated heterocycles. The van der Waals surface area contributed by atoms with Crippen molar-refractivity contribution in [3.05, 3.63) is 99.0 Å². The van der Waals surface area contributed by atoms with Crippen molar-refractivity contribution in [3.63, 3.8) is 0 Å². The molecule has 1 fully saturated rings. The molecular formula is C33H35Cl2F3N4O4S. The number of ether oxygens (including phenoxy) is 1. The van der Waals surface area contributed by atoms with E-state index in [4.69, 9.17) is 32.9 Å². The van der Waals surface area contributed by atoms with Gasteiger partial charge in [-0.05, 0) is 87.2 Å². The molecule has 2 unspecified atom stereocenters. The van der Waals surface area contributed by atoms with Crippen LogP contribution in [0, 0.1) is 0 Å². The fourth-order valence-corrected chi connectivity index (χ4v) is 7.44. The van der Waals surface area contributed by atoms with E-state index in [1.807, 2.05) is 13.8 Å². The van der Waals surface area contributed by atoms with Gasteiger partial charge in [0.2, 0.25) is 10.0 Å². The summed E-state index contributed by atoms with van der Waals surface area (Å²) in [5, 5.41) is 4.03. The lowest BCUT2D eigenvalue weighted by molar-refractivity contribution is -0.137. The molecule has 0 spiro atoms. The third kappa shape index (κ3) is 6.70. The quantitative estimate of drug-likeness (QED) is 0.276. The van der Waals surface area contributed by atoms with Crippen molar-refractivity contribution in [1.82, 2.24) is 14.5 Å². The van der Waals surface area contributed by atoms with E-state index in [0.29, 0.717) is 34.0 Å². The van der Waals surface area contributed by atoms with Crippen LogP contribution in [0.5, 0.6) is 5.75 Å². The zero-order valence-corrected chi connectivity index (χ0v) is 28.6. The van der Waals surface area contributed by atoms with Gasteiger partial charge in [-0.2, -0.15) is 13.2 Å². The van der Waals surface area contributed by atoms with E-state index < -0.39 is 38.9 Å². The molecule has 252 valence electrons. The molecule has 0 bridgehead atoms. The Morgan fingerprint density at radius 3 is 2.04 bits per heavy atom. The number of amides is 2. The molecule has 0 radical (unpaired) electrons. The summed E-state index contributed by atoms with van der Waals surface area (Å²) in [7, 11) is -3.39. The SMILES string of the molecule is CCOc1cc(C(F)(F)F)ccc1C1=NC(C)(c2ccc(Cl)cc2)C(C)(c2ccc(Cl)cc2)N1C(=O)NC1CCN(S(C)(=O)=O)CC1. The Morgan fingerprint density at radius 2 is 1.53 bits per heavy atom. The first-order valence-electron chi connectivity index (χ1n) is 15.0. The Morgan fingerprint density at radius 1 is 0.979 bits per heavy atom. The third-order valence-electron chi connectivity index (χ3n) is 9.05. The summed E-state index contributed by atoms with van der Waals surface area (Å²) < 4.78 is 72.8. The second-order valence-electron chi connectivity index (χ2n) is 12.0. The predicted molar refractivity (Wildman–Crippen MR) is 177 cm³/mol. The topological polar surface area (TPSA) is 91.3 Å². The zero-order chi connectivity index (χ0) is 34.4. The lowest BCUT2D eigenvalue weighted by Crippen LogP contribution is -2.59. The molecule has 0 saturated carbocycles. The highest BCUT2D eigenvalue weighted by atomic mass is 35.5. The van der Waals surface area contributed by atoms with E-state index in [0.717, 1.165) is 18.4 Å². The number of piperidine rings is 1. The number of nitrogens with one attached hydrogen (secondary N) is 1. The normalized spacial score (nSPS) is 22.7. The van der Waals surface area contributed by atoms with Crippen molar-refractivity contribution >= 4 is 45.1 Å². The first-order valence-corrected chi connectivity index (χ1v) is 17.6. The molecule has 5 rings (SSSR count). The number of sulfonamides is 1. The van der Waals surface area contributed by atoms with Crippen molar-refractivity contribution < 1.29 is 31.1 Å². The van der Waals surface area contributed by atoms with Gasteiger partial charge in [0.15, 0.2) is 0 Å². The standard InChI is InChI=1S/C33H35Cl2F3N4O4S/c1-5-46-28-20-23(33(36,37)38)10-15-27(28)29-40-31(2,21-6-11-24(34)12-7-21)32(3,22-8-13-25(35)14-9-22)42(29)30(43)39-26-16-18-41(19-17-26)47(4,44)45/h6-15,20,26H,5,16-19H2,1-4H3,(H,39,43). The van der Waals surface area contributed by atoms with E-state index in [1.54, 1.807) is 55.5 Å². The summed E-state index contributed by atoms with van der Waals surface area (Å²) in [5.74, 6) is 0.0160. The second-order valence-corrected chi connectivity index (χ2v) is 14.8. The maximum absolute atomic E-state index is 14.6. The van der Waals surface area contributed by atoms with Gasteiger partial charge in [0, 0.05) is 29.2 Å². The van der Waals surface area contributed by atoms with Crippen LogP contribution in [0.3, 0.4) is 0 Å². The average molecular weight is 712 g/mol. The molecule has 2 atom stereocenters. The molecule has 8 nitrogen and oxygen atoms in total. The van der Waals surface area contributed by atoms with Gasteiger partial charge in [-0.15, -0.1) is 0 Å². The molecule has 47 heavy (non-hydrogen) atoms. The highest BCUT2D eigenvalue weighted by Crippen LogP contribution is 2.54. The number of nitrogens with zero attached hydrogens (tertiary/aromatic N) is 3. The van der Waals surface area contributed by atoms with Gasteiger partial charge in [-0.25, -0.2) is 17.5 Å². The zero-order valence-electron chi connectivity index (χ0n) is 26.2. The predicted octanol–water partition coefficient (Wildman–Crippen LogP) is 7.44. The van der Waals surface area contributed by atoms with Crippen molar-refractivity contribution in [2.75, 3.05) is 26.0 Å². The summed E-state index contributed by atoms with van der Waals surface area (Å²) in [6.45, 7) is 5.88. The summed E-state index contributed by atoms with van der Waals surface area (Å²) >= 11 is 12.5. The Labute approximate surface area is 282 Å². The van der Waals surface area contributed by atoms with E-state index in [-0.39, 0.29) is 42.9 Å². The Hall–Kier alpha value is -3.32. The van der Waals surface area contributed by atoms with Crippen molar-refractivity contribution in [3.8, 4) is 5.75 Å². The van der Waals surface area contributed by atoms with Gasteiger partial charge < -0.3 is 10.1 Å². The highest BCUT2D eigenvalue weighted by Gasteiger charge is 2.60. The Balaban J connectivity index is 1.70. The molecule has 0 aliphatic carbocycles. The summed E-state index contributed by atoms with van der Waals surface area (Å²) in [6.07, 6.45) is -2.74. The Kier molecular flexibility index (Phi) is 9.64. The fraction of sp³-hybridized carbons (Fsp3) is 0.394. The maximum Gasteiger partial charge on any atom is 0.416 e. The van der Waals surface area contributed by atoms with Crippen LogP contribution in [0.2, 0.25) is 10.0 Å². The summed E-state index contributed by atoms with van der Waals surface area (Å²) in [5.41, 5.74) is -1.84. The number of carbonyl (C=O) groups excluding carboxylic acids is 1. The lowest BCUT2D eigenvalue weighted by Gasteiger charge is -2.46. The molecular weight excluding hydrogens is 676 g/mol. The third-order valence-corrected chi connectivity index (χ3v) is 10.9. The molecule has 2 aliphatic rings. The first-order chi connectivity index (χ1) is 22.0. The van der Waals surface area contributed by atoms with Crippen LogP contribution in [-0.4, -0.2) is 61.5 Å². The minimum Gasteiger partial charge on any atom is -0.493 e. The van der Waals surface area contributed by atoms with Gasteiger partial charge in [0.1, 0.15) is 22.7 Å². The van der Waals surface area contributed by atoms with Crippen molar-refractivity contribution in [1.29, 1.82) is 0 Å². The van der Waals surface area contributed by atoms with Gasteiger partial charge in [-0.3, -0.25) is 9.89 Å². The second kappa shape index (κ2) is 12.9. The number of benzene rings is 3. The van der Waals surface area contributed by atoms with Crippen LogP contribution in [0.15, 0.2) is 71.7 Å². The number of halogens is 5. The highest BCUT2D eigenvalue weighted by molar-refractivity contribution is 7.88. The van der Waals surface area contributed by atoms with Crippen molar-refractivity contribution in [2.45, 2.75) is 56.9 Å². The number of hydrogen-bond acceptors (Lipinski definition) is 5. The fourth-order valence-electron chi connectivity index (χ4n) is 6.31. The van der Waals surface area contributed by atoms with Gasteiger partial charge in [0.05, 0.1) is 24.0 Å². The molecule has 3 aromatic carbocycles. The molecule has 3 aromatic rings. The monoisotopic (exact) mass is 710 g/mol. The van der Waals surface area contributed by atoms with Crippen LogP contribution in [0.4, 0.5) is 18.0 Å². The lowest BCUT2D eigenvalue weighted by atomic mass is 9.71. The number of urea groups is 1. The van der Waals surface area contributed by atoms with Crippen LogP contribution >= 0.6 is 23.2 Å². The molecule has 1 N–H and O–H groups in total. The molecule has 0 aromatic heterocycles. The minimum absolute atomic E-state index is 0.0651.